The molecule has 8 aromatic rings. The van der Waals surface area contributed by atoms with Crippen LogP contribution in [0.15, 0.2) is 56.9 Å². The van der Waals surface area contributed by atoms with Gasteiger partial charge in [-0.05, 0) is 79.5 Å². The van der Waals surface area contributed by atoms with Gasteiger partial charge in [0.2, 0.25) is 5.91 Å². The topological polar surface area (TPSA) is 397 Å². The van der Waals surface area contributed by atoms with Crippen LogP contribution in [0.25, 0.3) is 49.3 Å². The second kappa shape index (κ2) is 30.7. The van der Waals surface area contributed by atoms with Crippen molar-refractivity contribution in [3.05, 3.63) is 112 Å². The van der Waals surface area contributed by atoms with Crippen molar-refractivity contribution in [1.29, 1.82) is 0 Å². The molecule has 10 atom stereocenters. The van der Waals surface area contributed by atoms with E-state index in [9.17, 15) is 29.8 Å². The maximum absolute atomic E-state index is 15.2. The molecule has 12 heterocycles. The number of likely N-dealkylation sites (N-methyl/N-ethyl adjacent to an activating group) is 2. The Morgan fingerprint density at radius 2 is 1.51 bits per heavy atom. The lowest BCUT2D eigenvalue weighted by atomic mass is 9.85. The lowest BCUT2D eigenvalue weighted by Gasteiger charge is -2.48. The number of nitrogens with zero attached hydrogens (tertiary/aromatic N) is 10. The van der Waals surface area contributed by atoms with Gasteiger partial charge in [0.1, 0.15) is 120 Å². The summed E-state index contributed by atoms with van der Waals surface area (Å²) in [5.41, 5.74) is -1.30. The number of pyridine rings is 1. The number of nitrogens with one attached hydrogen (secondary N) is 5. The number of allylic oxidation sites excluding steroid dienone is 1. The Morgan fingerprint density at radius 3 is 2.24 bits per heavy atom. The number of amides is 5. The van der Waals surface area contributed by atoms with E-state index in [1.807, 2.05) is 0 Å². The summed E-state index contributed by atoms with van der Waals surface area (Å²) in [4.78, 5) is 139. The quantitative estimate of drug-likeness (QED) is 0.0351. The highest BCUT2D eigenvalue weighted by molar-refractivity contribution is 7.14. The molecular weight excluding hydrogens is 1450 g/mol. The molecule has 0 unspecified atom stereocenters. The van der Waals surface area contributed by atoms with Gasteiger partial charge in [-0.2, -0.15) is 4.73 Å². The van der Waals surface area contributed by atoms with Crippen LogP contribution in [0.3, 0.4) is 0 Å². The third kappa shape index (κ3) is 15.1. The van der Waals surface area contributed by atoms with Crippen LogP contribution in [0.4, 0.5) is 0 Å². The Balaban J connectivity index is 0.951. The third-order valence-corrected chi connectivity index (χ3v) is 23.0. The number of aliphatic hydroxyl groups is 2. The van der Waals surface area contributed by atoms with Crippen LogP contribution in [-0.2, 0) is 51.2 Å². The Bertz CT molecular complexity index is 4650. The molecule has 0 radical (unpaired) electrons. The molecule has 32 nitrogen and oxygen atoms in total. The van der Waals surface area contributed by atoms with Crippen molar-refractivity contribution < 1.29 is 82.1 Å². The van der Waals surface area contributed by atoms with Gasteiger partial charge >= 0.3 is 11.9 Å². The molecule has 2 fully saturated rings. The Hall–Kier alpha value is -8.83. The van der Waals surface area contributed by atoms with Gasteiger partial charge in [-0.3, -0.25) is 24.0 Å². The van der Waals surface area contributed by atoms with Crippen molar-refractivity contribution in [3.8, 4) is 38.4 Å². The van der Waals surface area contributed by atoms with Gasteiger partial charge in [0, 0.05) is 82.6 Å². The maximum atomic E-state index is 15.2. The Labute approximate surface area is 614 Å². The molecule has 12 bridgehead atoms. The smallest absolute Gasteiger partial charge is 0.358 e. The highest BCUT2D eigenvalue weighted by Gasteiger charge is 2.50. The zero-order valence-electron chi connectivity index (χ0n) is 57.7. The van der Waals surface area contributed by atoms with E-state index in [4.69, 9.17) is 58.1 Å². The van der Waals surface area contributed by atoms with Crippen molar-refractivity contribution in [3.63, 3.8) is 0 Å². The molecule has 550 valence electrons. The first-order chi connectivity index (χ1) is 49.9. The summed E-state index contributed by atoms with van der Waals surface area (Å²) < 4.78 is 44.5. The molecule has 2 saturated heterocycles. The predicted molar refractivity (Wildman–Crippen MR) is 380 cm³/mol. The molecule has 5 aliphatic rings. The van der Waals surface area contributed by atoms with Crippen LogP contribution in [0.5, 0.6) is 5.75 Å². The second-order valence-corrected chi connectivity index (χ2v) is 30.3. The molecule has 0 aliphatic carbocycles. The van der Waals surface area contributed by atoms with Gasteiger partial charge in [0.25, 0.3) is 23.6 Å². The van der Waals surface area contributed by atoms with E-state index in [0.29, 0.717) is 16.8 Å². The SMILES string of the molecule is CO/C(C)=C1/NC(=O)[C@H]([C@@H](C)O)NC(=O)c2csc(n2)-c2cc(OC)c(-c3nc(C(=O)NCCCN4CCN(C)CC4)cs3)nc2-c2csc(n2)[C@@H]2COC(=O)c3c4c5c(cccc5n3O)COC(=O)[C@@H](O[C@H]3C[C@](C)(O)[C@H](N(C)C)[C@H](C)O3)[C@@H](OC4)[C@H](NC(=O)c3csc1n3)c1nc(cs1)C(=O)N2. The van der Waals surface area contributed by atoms with E-state index < -0.39 is 127 Å². The molecule has 5 aliphatic heterocycles. The van der Waals surface area contributed by atoms with E-state index in [1.54, 1.807) is 61.8 Å². The number of ether oxygens (including phenoxy) is 7. The van der Waals surface area contributed by atoms with E-state index in [-0.39, 0.29) is 111 Å². The van der Waals surface area contributed by atoms with Crippen molar-refractivity contribution in [2.75, 3.05) is 81.2 Å². The first-order valence-electron chi connectivity index (χ1n) is 33.1. The van der Waals surface area contributed by atoms with Crippen molar-refractivity contribution >= 4 is 115 Å². The average Bonchev–Trinajstić information content (AvgIpc) is 1.58. The molecule has 1 aromatic carbocycles. The van der Waals surface area contributed by atoms with E-state index in [2.05, 4.69) is 48.4 Å². The molecule has 8 N–H and O–H groups in total. The van der Waals surface area contributed by atoms with Gasteiger partial charge < -0.3 is 89.9 Å². The van der Waals surface area contributed by atoms with Crippen molar-refractivity contribution in [2.24, 2.45) is 0 Å². The molecule has 37 heteroatoms. The number of carbonyl (C=O) groups is 7. The number of aliphatic hydroxyl groups excluding tert-OH is 1. The molecule has 0 spiro atoms. The van der Waals surface area contributed by atoms with Gasteiger partial charge in [-0.15, -0.1) is 56.7 Å². The zero-order chi connectivity index (χ0) is 73.6. The minimum atomic E-state index is -1.90. The zero-order valence-corrected chi connectivity index (χ0v) is 61.8. The number of thiazole rings is 5. The summed E-state index contributed by atoms with van der Waals surface area (Å²) in [5.74, 6) is -5.84. The number of piperazine rings is 1. The molecule has 13 rings (SSSR count). The first-order valence-corrected chi connectivity index (χ1v) is 37.5. The Morgan fingerprint density at radius 1 is 0.827 bits per heavy atom. The number of carbonyl (C=O) groups excluding carboxylic acids is 7. The highest BCUT2D eigenvalue weighted by atomic mass is 32.1. The van der Waals surface area contributed by atoms with Gasteiger partial charge in [0.05, 0.1) is 50.2 Å². The first kappa shape index (κ1) is 73.5. The van der Waals surface area contributed by atoms with Crippen molar-refractivity contribution in [2.45, 2.75) is 114 Å². The number of benzene rings is 1. The fourth-order valence-electron chi connectivity index (χ4n) is 13.3. The van der Waals surface area contributed by atoms with Crippen LogP contribution in [0.2, 0.25) is 0 Å². The minimum absolute atomic E-state index is 0.0111. The van der Waals surface area contributed by atoms with Crippen LogP contribution in [0, 0.1) is 0 Å². The average molecular weight is 1520 g/mol. The largest absolute Gasteiger partial charge is 0.499 e. The number of rotatable bonds is 12. The van der Waals surface area contributed by atoms with E-state index in [1.165, 1.54) is 50.3 Å². The third-order valence-electron chi connectivity index (χ3n) is 18.5. The van der Waals surface area contributed by atoms with Gasteiger partial charge in [-0.1, -0.05) is 12.1 Å². The normalized spacial score (nSPS) is 24.7. The standard InChI is InChI=1S/C67H75N15O17S5/c1-30(83)46-59(88)77-47(31(2)93-8)62-73-41(29-102-62)58(87)78-50-52-53(99-44-21-67(4,91)54(79(5)6)32(3)98-44)66(90)96-22-33-12-10-13-42-45(33)35(23-95-52)51(82(42)92)65(89)97-24-36(69-56(85)39-28-104-64(50)74-39)61-70-37(25-101-61)48-34(60-71-40(27-100-60)57(86)76-46)20-43(94-9)49(75-48)63-72-38(26-103-63)55(84)68-14-11-15-81-18-16-80(7)17-19-81/h10,12-13,20,25-30,32,36,44,46,50,52-54,83,91-92H,11,14-19,21-24H2,1-9H3,(H,68,84)(H,69,85)(H,76,86)(H,77,88)(H,78,87)/b47-31+/t30-,32+,36+,44+,46+,50+,52+,53+,54-,67+/m1/s1. The second-order valence-electron chi connectivity index (χ2n) is 26.0. The fourth-order valence-corrected chi connectivity index (χ4v) is 17.5. The summed E-state index contributed by atoms with van der Waals surface area (Å²) >= 11 is 4.99. The molecule has 5 amide bonds. The number of methoxy groups -OCH3 is 2. The van der Waals surface area contributed by atoms with E-state index >= 15 is 19.2 Å². The number of aromatic nitrogens is 7. The molecule has 104 heavy (non-hydrogen) atoms. The van der Waals surface area contributed by atoms with Crippen molar-refractivity contribution in [1.82, 2.24) is 75.9 Å². The summed E-state index contributed by atoms with van der Waals surface area (Å²) in [5, 5.41) is 57.9. The summed E-state index contributed by atoms with van der Waals surface area (Å²) in [6, 6.07) is 1.23. The van der Waals surface area contributed by atoms with Crippen LogP contribution in [-0.4, -0.2) is 236 Å². The molecular formula is C67H75N15O17S5. The monoisotopic (exact) mass is 1520 g/mol. The van der Waals surface area contributed by atoms with Crippen LogP contribution in [0.1, 0.15) is 131 Å². The number of esters is 2. The number of cyclic esters (lactones) is 2. The predicted octanol–water partition coefficient (Wildman–Crippen LogP) is 4.83. The number of fused-ring (bicyclic) bond motifs is 15. The molecule has 7 aromatic heterocycles. The van der Waals surface area contributed by atoms with Crippen LogP contribution < -0.4 is 31.3 Å². The summed E-state index contributed by atoms with van der Waals surface area (Å²) in [6.07, 6.45) is -6.69. The molecule has 0 saturated carbocycles. The van der Waals surface area contributed by atoms with Gasteiger partial charge in [-0.25, -0.2) is 39.5 Å². The summed E-state index contributed by atoms with van der Waals surface area (Å²) in [6.45, 7) is 9.51. The number of hydrogen-bond acceptors (Lipinski definition) is 31. The van der Waals surface area contributed by atoms with Crippen LogP contribution >= 0.6 is 56.7 Å². The lowest BCUT2D eigenvalue weighted by Crippen LogP contribution is -2.62. The number of hydrogen-bond donors (Lipinski definition) is 8. The highest BCUT2D eigenvalue weighted by Crippen LogP contribution is 2.43. The van der Waals surface area contributed by atoms with Gasteiger partial charge in [0.15, 0.2) is 18.1 Å². The maximum Gasteiger partial charge on any atom is 0.358 e. The summed E-state index contributed by atoms with van der Waals surface area (Å²) in [7, 11) is 8.41. The lowest BCUT2D eigenvalue weighted by molar-refractivity contribution is -0.280. The van der Waals surface area contributed by atoms with E-state index in [0.717, 1.165) is 95.8 Å². The fraction of sp³-hybridized carbons (Fsp3) is 0.448. The Kier molecular flexibility index (Phi) is 21.7. The minimum Gasteiger partial charge on any atom is -0.499 e.